The highest BCUT2D eigenvalue weighted by Gasteiger charge is 2.18. The monoisotopic (exact) mass is 361 g/mol. The van der Waals surface area contributed by atoms with Gasteiger partial charge in [-0.2, -0.15) is 0 Å². The van der Waals surface area contributed by atoms with Crippen molar-refractivity contribution in [3.63, 3.8) is 0 Å². The first-order valence-corrected chi connectivity index (χ1v) is 9.22. The lowest BCUT2D eigenvalue weighted by atomic mass is 10.2. The third-order valence-electron chi connectivity index (χ3n) is 4.94. The number of benzene rings is 1. The molecule has 0 aliphatic carbocycles. The fourth-order valence-corrected chi connectivity index (χ4v) is 3.40. The van der Waals surface area contributed by atoms with E-state index in [1.54, 1.807) is 6.92 Å². The lowest BCUT2D eigenvalue weighted by Crippen LogP contribution is -2.47. The summed E-state index contributed by atoms with van der Waals surface area (Å²) in [6.07, 6.45) is 3.69. The maximum absolute atomic E-state index is 11.4. The highest BCUT2D eigenvalue weighted by molar-refractivity contribution is 5.84. The van der Waals surface area contributed by atoms with Gasteiger partial charge in [-0.1, -0.05) is 24.3 Å². The molecule has 0 bridgehead atoms. The second kappa shape index (κ2) is 7.72. The lowest BCUT2D eigenvalue weighted by Gasteiger charge is -2.34. The first-order valence-electron chi connectivity index (χ1n) is 9.22. The second-order valence-electron chi connectivity index (χ2n) is 6.87. The van der Waals surface area contributed by atoms with E-state index >= 15 is 0 Å². The van der Waals surface area contributed by atoms with Crippen LogP contribution in [0, 0.1) is 0 Å². The number of nitrogens with zero attached hydrogens (tertiary/aromatic N) is 4. The molecule has 1 saturated heterocycles. The van der Waals surface area contributed by atoms with Gasteiger partial charge in [0.15, 0.2) is 0 Å². The molecule has 6 heteroatoms. The van der Waals surface area contributed by atoms with Crippen LogP contribution in [-0.4, -0.2) is 51.9 Å². The SMILES string of the molecule is CC(=O)N1CCN(Cc2ccnc(Nc3cc4ccccc4cn3)c2)CC1. The van der Waals surface area contributed by atoms with Crippen molar-refractivity contribution >= 4 is 28.3 Å². The van der Waals surface area contributed by atoms with Crippen molar-refractivity contribution < 1.29 is 4.79 Å². The van der Waals surface area contributed by atoms with Crippen molar-refractivity contribution in [2.75, 3.05) is 31.5 Å². The Kier molecular flexibility index (Phi) is 4.98. The van der Waals surface area contributed by atoms with Crippen LogP contribution in [0.25, 0.3) is 10.8 Å². The summed E-state index contributed by atoms with van der Waals surface area (Å²) < 4.78 is 0. The maximum Gasteiger partial charge on any atom is 0.219 e. The molecule has 0 unspecified atom stereocenters. The maximum atomic E-state index is 11.4. The van der Waals surface area contributed by atoms with Crippen molar-refractivity contribution in [2.45, 2.75) is 13.5 Å². The average molecular weight is 361 g/mol. The van der Waals surface area contributed by atoms with E-state index in [-0.39, 0.29) is 5.91 Å². The molecular formula is C21H23N5O. The summed E-state index contributed by atoms with van der Waals surface area (Å²) in [6, 6.07) is 14.3. The molecule has 1 aliphatic heterocycles. The Morgan fingerprint density at radius 2 is 1.74 bits per heavy atom. The molecule has 1 aromatic carbocycles. The fraction of sp³-hybridized carbons (Fsp3) is 0.286. The summed E-state index contributed by atoms with van der Waals surface area (Å²) in [5, 5.41) is 5.57. The summed E-state index contributed by atoms with van der Waals surface area (Å²) in [7, 11) is 0. The Morgan fingerprint density at radius 3 is 2.52 bits per heavy atom. The zero-order valence-corrected chi connectivity index (χ0v) is 15.4. The molecule has 2 aromatic heterocycles. The van der Waals surface area contributed by atoms with Gasteiger partial charge in [0.25, 0.3) is 0 Å². The quantitative estimate of drug-likeness (QED) is 0.774. The fourth-order valence-electron chi connectivity index (χ4n) is 3.40. The third-order valence-corrected chi connectivity index (χ3v) is 4.94. The first-order chi connectivity index (χ1) is 13.2. The van der Waals surface area contributed by atoms with E-state index in [2.05, 4.69) is 38.4 Å². The van der Waals surface area contributed by atoms with Crippen molar-refractivity contribution in [3.05, 3.63) is 60.4 Å². The minimum atomic E-state index is 0.160. The number of carbonyl (C=O) groups is 1. The topological polar surface area (TPSA) is 61.4 Å². The Labute approximate surface area is 158 Å². The van der Waals surface area contributed by atoms with E-state index in [0.717, 1.165) is 55.1 Å². The molecule has 0 atom stereocenters. The number of carbonyl (C=O) groups excluding carboxylic acids is 1. The molecule has 6 nitrogen and oxygen atoms in total. The lowest BCUT2D eigenvalue weighted by molar-refractivity contribution is -0.130. The Morgan fingerprint density at radius 1 is 1.00 bits per heavy atom. The van der Waals surface area contributed by atoms with Gasteiger partial charge in [0.2, 0.25) is 5.91 Å². The number of pyridine rings is 2. The number of nitrogens with one attached hydrogen (secondary N) is 1. The van der Waals surface area contributed by atoms with E-state index < -0.39 is 0 Å². The molecule has 1 fully saturated rings. The van der Waals surface area contributed by atoms with E-state index in [1.807, 2.05) is 41.6 Å². The van der Waals surface area contributed by atoms with Crippen molar-refractivity contribution in [2.24, 2.45) is 0 Å². The number of amides is 1. The van der Waals surface area contributed by atoms with Crippen LogP contribution in [-0.2, 0) is 11.3 Å². The van der Waals surface area contributed by atoms with Gasteiger partial charge in [-0.3, -0.25) is 9.69 Å². The van der Waals surface area contributed by atoms with Gasteiger partial charge in [-0.25, -0.2) is 9.97 Å². The zero-order valence-electron chi connectivity index (χ0n) is 15.4. The van der Waals surface area contributed by atoms with Crippen molar-refractivity contribution in [1.82, 2.24) is 19.8 Å². The minimum Gasteiger partial charge on any atom is -0.340 e. The zero-order chi connectivity index (χ0) is 18.6. The van der Waals surface area contributed by atoms with Gasteiger partial charge < -0.3 is 10.2 Å². The molecule has 27 heavy (non-hydrogen) atoms. The molecule has 4 rings (SSSR count). The summed E-state index contributed by atoms with van der Waals surface area (Å²) in [6.45, 7) is 5.89. The van der Waals surface area contributed by atoms with Crippen LogP contribution in [0.1, 0.15) is 12.5 Å². The van der Waals surface area contributed by atoms with Gasteiger partial charge in [0.1, 0.15) is 11.6 Å². The van der Waals surface area contributed by atoms with Crippen molar-refractivity contribution in [1.29, 1.82) is 0 Å². The number of piperazine rings is 1. The molecule has 0 radical (unpaired) electrons. The predicted octanol–water partition coefficient (Wildman–Crippen LogP) is 3.04. The van der Waals surface area contributed by atoms with Gasteiger partial charge in [0, 0.05) is 57.4 Å². The van der Waals surface area contributed by atoms with Crippen LogP contribution in [0.15, 0.2) is 54.9 Å². The van der Waals surface area contributed by atoms with Crippen LogP contribution < -0.4 is 5.32 Å². The Balaban J connectivity index is 1.42. The number of hydrogen-bond donors (Lipinski definition) is 1. The predicted molar refractivity (Wildman–Crippen MR) is 107 cm³/mol. The largest absolute Gasteiger partial charge is 0.340 e. The first kappa shape index (κ1) is 17.4. The van der Waals surface area contributed by atoms with E-state index in [9.17, 15) is 4.79 Å². The number of rotatable bonds is 4. The summed E-state index contributed by atoms with van der Waals surface area (Å²) in [4.78, 5) is 24.6. The molecule has 3 aromatic rings. The minimum absolute atomic E-state index is 0.160. The van der Waals surface area contributed by atoms with Gasteiger partial charge in [-0.15, -0.1) is 0 Å². The summed E-state index contributed by atoms with van der Waals surface area (Å²) in [5.41, 5.74) is 1.20. The normalized spacial score (nSPS) is 15.1. The van der Waals surface area contributed by atoms with E-state index in [4.69, 9.17) is 0 Å². The molecule has 3 heterocycles. The Bertz CT molecular complexity index is 950. The highest BCUT2D eigenvalue weighted by Crippen LogP contribution is 2.20. The smallest absolute Gasteiger partial charge is 0.219 e. The van der Waals surface area contributed by atoms with Gasteiger partial charge in [0.05, 0.1) is 0 Å². The number of fused-ring (bicyclic) bond motifs is 1. The average Bonchev–Trinajstić information content (AvgIpc) is 2.69. The van der Waals surface area contributed by atoms with E-state index in [0.29, 0.717) is 0 Å². The van der Waals surface area contributed by atoms with Gasteiger partial charge >= 0.3 is 0 Å². The third kappa shape index (κ3) is 4.23. The van der Waals surface area contributed by atoms with E-state index in [1.165, 1.54) is 5.56 Å². The number of hydrogen-bond acceptors (Lipinski definition) is 5. The number of aromatic nitrogens is 2. The van der Waals surface area contributed by atoms with Crippen LogP contribution in [0.2, 0.25) is 0 Å². The number of anilines is 2. The Hall–Kier alpha value is -2.99. The molecule has 1 amide bonds. The van der Waals surface area contributed by atoms with Crippen LogP contribution in [0.4, 0.5) is 11.6 Å². The standard InChI is InChI=1S/C21H23N5O/c1-16(27)26-10-8-25(9-11-26)15-17-6-7-22-20(12-17)24-21-13-18-4-2-3-5-19(18)14-23-21/h2-7,12-14H,8-11,15H2,1H3,(H,22,23,24). The molecule has 138 valence electrons. The summed E-state index contributed by atoms with van der Waals surface area (Å²) >= 11 is 0. The summed E-state index contributed by atoms with van der Waals surface area (Å²) in [5.74, 6) is 1.74. The molecule has 0 spiro atoms. The molecular weight excluding hydrogens is 338 g/mol. The second-order valence-corrected chi connectivity index (χ2v) is 6.87. The molecule has 0 saturated carbocycles. The van der Waals surface area contributed by atoms with Crippen LogP contribution >= 0.6 is 0 Å². The van der Waals surface area contributed by atoms with Crippen LogP contribution in [0.5, 0.6) is 0 Å². The highest BCUT2D eigenvalue weighted by atomic mass is 16.2. The van der Waals surface area contributed by atoms with Crippen LogP contribution in [0.3, 0.4) is 0 Å². The van der Waals surface area contributed by atoms with Gasteiger partial charge in [-0.05, 0) is 29.1 Å². The molecule has 1 aliphatic rings. The molecule has 1 N–H and O–H groups in total. The van der Waals surface area contributed by atoms with Crippen molar-refractivity contribution in [3.8, 4) is 0 Å².